The summed E-state index contributed by atoms with van der Waals surface area (Å²) in [5, 5.41) is 9.64. The maximum atomic E-state index is 12.4. The second-order valence-corrected chi connectivity index (χ2v) is 8.22. The molecule has 1 heterocycles. The van der Waals surface area contributed by atoms with Gasteiger partial charge in [-0.1, -0.05) is 41.9 Å². The van der Waals surface area contributed by atoms with E-state index in [1.165, 1.54) is 18.3 Å². The maximum Gasteiger partial charge on any atom is 0.285 e. The van der Waals surface area contributed by atoms with Crippen molar-refractivity contribution in [2.45, 2.75) is 25.0 Å². The maximum absolute atomic E-state index is 12.4. The highest BCUT2D eigenvalue weighted by Gasteiger charge is 2.21. The van der Waals surface area contributed by atoms with Crippen molar-refractivity contribution in [2.24, 2.45) is 0 Å². The van der Waals surface area contributed by atoms with Crippen molar-refractivity contribution < 1.29 is 18.3 Å². The Morgan fingerprint density at radius 2 is 1.93 bits per heavy atom. The molecule has 0 saturated carbocycles. The Bertz CT molecular complexity index is 1110. The molecule has 0 saturated heterocycles. The summed E-state index contributed by atoms with van der Waals surface area (Å²) in [5.41, 5.74) is 1.46. The molecule has 0 aliphatic carbocycles. The van der Waals surface area contributed by atoms with E-state index in [1.54, 1.807) is 47.9 Å². The third kappa shape index (κ3) is 4.41. The minimum absolute atomic E-state index is 0.00439. The molecule has 7 nitrogen and oxygen atoms in total. The number of imidazole rings is 1. The molecule has 0 fully saturated rings. The fourth-order valence-corrected chi connectivity index (χ4v) is 3.86. The minimum atomic E-state index is -3.98. The SMILES string of the molecule is Cc1nc(C(=O)NS(=O)(=O)c2ccccc2)cn1Cc1ccc(CO)cc1Cl. The van der Waals surface area contributed by atoms with Gasteiger partial charge in [-0.05, 0) is 36.2 Å². The molecule has 0 aliphatic rings. The molecule has 1 amide bonds. The van der Waals surface area contributed by atoms with Crippen molar-refractivity contribution in [3.8, 4) is 0 Å². The van der Waals surface area contributed by atoms with Crippen LogP contribution in [0.15, 0.2) is 59.6 Å². The Labute approximate surface area is 167 Å². The predicted molar refractivity (Wildman–Crippen MR) is 105 cm³/mol. The third-order valence-corrected chi connectivity index (χ3v) is 5.83. The summed E-state index contributed by atoms with van der Waals surface area (Å²) in [6.07, 6.45) is 1.47. The zero-order chi connectivity index (χ0) is 20.3. The van der Waals surface area contributed by atoms with E-state index in [0.29, 0.717) is 23.0 Å². The quantitative estimate of drug-likeness (QED) is 0.639. The predicted octanol–water partition coefficient (Wildman–Crippen LogP) is 2.50. The number of carbonyl (C=O) groups is 1. The summed E-state index contributed by atoms with van der Waals surface area (Å²) in [7, 11) is -3.98. The first-order valence-electron chi connectivity index (χ1n) is 8.34. The van der Waals surface area contributed by atoms with Gasteiger partial charge in [-0.25, -0.2) is 18.1 Å². The number of aryl methyl sites for hydroxylation is 1. The summed E-state index contributed by atoms with van der Waals surface area (Å²) in [5.74, 6) is -0.281. The highest BCUT2D eigenvalue weighted by Crippen LogP contribution is 2.20. The van der Waals surface area contributed by atoms with Crippen LogP contribution < -0.4 is 4.72 Å². The molecule has 1 aromatic heterocycles. The number of sulfonamides is 1. The van der Waals surface area contributed by atoms with Gasteiger partial charge in [0.2, 0.25) is 0 Å². The van der Waals surface area contributed by atoms with Gasteiger partial charge in [0.25, 0.3) is 15.9 Å². The number of hydrogen-bond donors (Lipinski definition) is 2. The van der Waals surface area contributed by atoms with E-state index in [0.717, 1.165) is 5.56 Å². The van der Waals surface area contributed by atoms with Crippen LogP contribution in [0.3, 0.4) is 0 Å². The van der Waals surface area contributed by atoms with Crippen molar-refractivity contribution in [1.29, 1.82) is 0 Å². The van der Waals surface area contributed by atoms with Crippen LogP contribution in [0.5, 0.6) is 0 Å². The summed E-state index contributed by atoms with van der Waals surface area (Å²) >= 11 is 6.23. The number of nitrogens with one attached hydrogen (secondary N) is 1. The lowest BCUT2D eigenvalue weighted by Gasteiger charge is -2.08. The first-order chi connectivity index (χ1) is 13.3. The second kappa shape index (κ2) is 8.14. The molecular weight excluding hydrogens is 402 g/mol. The first-order valence-corrected chi connectivity index (χ1v) is 10.2. The summed E-state index contributed by atoms with van der Waals surface area (Å²) < 4.78 is 28.3. The number of aromatic nitrogens is 2. The smallest absolute Gasteiger partial charge is 0.285 e. The molecule has 2 aromatic carbocycles. The largest absolute Gasteiger partial charge is 0.392 e. The van der Waals surface area contributed by atoms with Crippen LogP contribution in [0.2, 0.25) is 5.02 Å². The van der Waals surface area contributed by atoms with Gasteiger partial charge < -0.3 is 9.67 Å². The van der Waals surface area contributed by atoms with E-state index in [-0.39, 0.29) is 17.2 Å². The normalized spacial score (nSPS) is 11.4. The molecule has 0 atom stereocenters. The Balaban J connectivity index is 1.79. The van der Waals surface area contributed by atoms with Gasteiger partial charge in [0.05, 0.1) is 18.0 Å². The van der Waals surface area contributed by atoms with Crippen molar-refractivity contribution in [3.63, 3.8) is 0 Å². The van der Waals surface area contributed by atoms with E-state index in [1.807, 2.05) is 4.72 Å². The van der Waals surface area contributed by atoms with Crippen LogP contribution in [0.4, 0.5) is 0 Å². The molecule has 0 aliphatic heterocycles. The molecule has 3 rings (SSSR count). The van der Waals surface area contributed by atoms with E-state index < -0.39 is 15.9 Å². The highest BCUT2D eigenvalue weighted by atomic mass is 35.5. The van der Waals surface area contributed by atoms with E-state index in [9.17, 15) is 13.2 Å². The second-order valence-electron chi connectivity index (χ2n) is 6.13. The number of aliphatic hydroxyl groups excluding tert-OH is 1. The lowest BCUT2D eigenvalue weighted by Crippen LogP contribution is -2.30. The minimum Gasteiger partial charge on any atom is -0.392 e. The fraction of sp³-hybridized carbons (Fsp3) is 0.158. The number of carbonyl (C=O) groups excluding carboxylic acids is 1. The van der Waals surface area contributed by atoms with Gasteiger partial charge in [0.15, 0.2) is 0 Å². The Morgan fingerprint density at radius 3 is 2.57 bits per heavy atom. The summed E-state index contributed by atoms with van der Waals surface area (Å²) in [6, 6.07) is 12.8. The molecule has 9 heteroatoms. The average molecular weight is 420 g/mol. The topological polar surface area (TPSA) is 101 Å². The molecule has 28 heavy (non-hydrogen) atoms. The van der Waals surface area contributed by atoms with Crippen molar-refractivity contribution in [3.05, 3.63) is 82.4 Å². The number of nitrogens with zero attached hydrogens (tertiary/aromatic N) is 2. The summed E-state index contributed by atoms with van der Waals surface area (Å²) in [6.45, 7) is 1.95. The summed E-state index contributed by atoms with van der Waals surface area (Å²) in [4.78, 5) is 16.5. The average Bonchev–Trinajstić information content (AvgIpc) is 3.04. The van der Waals surface area contributed by atoms with E-state index >= 15 is 0 Å². The molecule has 0 spiro atoms. The number of amides is 1. The Hall–Kier alpha value is -2.68. The highest BCUT2D eigenvalue weighted by molar-refractivity contribution is 7.90. The van der Waals surface area contributed by atoms with Gasteiger partial charge in [-0.3, -0.25) is 4.79 Å². The zero-order valence-electron chi connectivity index (χ0n) is 15.0. The van der Waals surface area contributed by atoms with Crippen molar-refractivity contribution in [2.75, 3.05) is 0 Å². The van der Waals surface area contributed by atoms with Crippen molar-refractivity contribution >= 4 is 27.5 Å². The third-order valence-electron chi connectivity index (χ3n) is 4.13. The first kappa shape index (κ1) is 20.1. The van der Waals surface area contributed by atoms with Crippen LogP contribution in [0.1, 0.15) is 27.4 Å². The van der Waals surface area contributed by atoms with Crippen LogP contribution in [0.25, 0.3) is 0 Å². The lowest BCUT2D eigenvalue weighted by atomic mass is 10.1. The van der Waals surface area contributed by atoms with Gasteiger partial charge in [0, 0.05) is 11.2 Å². The number of hydrogen-bond acceptors (Lipinski definition) is 5. The van der Waals surface area contributed by atoms with Gasteiger partial charge in [0.1, 0.15) is 11.5 Å². The van der Waals surface area contributed by atoms with E-state index in [4.69, 9.17) is 16.7 Å². The number of rotatable bonds is 6. The molecule has 0 unspecified atom stereocenters. The molecule has 3 aromatic rings. The molecule has 146 valence electrons. The number of aliphatic hydroxyl groups is 1. The molecule has 0 radical (unpaired) electrons. The standard InChI is InChI=1S/C19H18ClN3O4S/c1-13-21-18(19(25)22-28(26,27)16-5-3-2-4-6-16)11-23(13)10-15-8-7-14(12-24)9-17(15)20/h2-9,11,24H,10,12H2,1H3,(H,22,25). The fourth-order valence-electron chi connectivity index (χ4n) is 2.61. The Kier molecular flexibility index (Phi) is 5.83. The van der Waals surface area contributed by atoms with Gasteiger partial charge in [-0.2, -0.15) is 0 Å². The monoisotopic (exact) mass is 419 g/mol. The van der Waals surface area contributed by atoms with Crippen LogP contribution in [-0.4, -0.2) is 29.0 Å². The van der Waals surface area contributed by atoms with Crippen LogP contribution in [0, 0.1) is 6.92 Å². The molecule has 0 bridgehead atoms. The Morgan fingerprint density at radius 1 is 1.21 bits per heavy atom. The lowest BCUT2D eigenvalue weighted by molar-refractivity contribution is 0.0977. The zero-order valence-corrected chi connectivity index (χ0v) is 16.5. The number of benzene rings is 2. The van der Waals surface area contributed by atoms with Gasteiger partial charge >= 0.3 is 0 Å². The van der Waals surface area contributed by atoms with Gasteiger partial charge in [-0.15, -0.1) is 0 Å². The van der Waals surface area contributed by atoms with E-state index in [2.05, 4.69) is 4.98 Å². The molecule has 2 N–H and O–H groups in total. The number of halogens is 1. The molecular formula is C19H18ClN3O4S. The van der Waals surface area contributed by atoms with Crippen molar-refractivity contribution in [1.82, 2.24) is 14.3 Å². The van der Waals surface area contributed by atoms with Crippen LogP contribution >= 0.6 is 11.6 Å². The van der Waals surface area contributed by atoms with Crippen LogP contribution in [-0.2, 0) is 23.2 Å².